The van der Waals surface area contributed by atoms with Crippen molar-refractivity contribution in [2.24, 2.45) is 0 Å². The second-order valence-electron chi connectivity index (χ2n) is 7.07. The van der Waals surface area contributed by atoms with E-state index in [4.69, 9.17) is 21.1 Å². The third-order valence-corrected chi connectivity index (χ3v) is 6.82. The molecule has 2 aromatic rings. The molecule has 0 spiro atoms. The third kappa shape index (κ3) is 6.19. The quantitative estimate of drug-likeness (QED) is 0.600. The molecule has 0 atom stereocenters. The van der Waals surface area contributed by atoms with Crippen molar-refractivity contribution in [2.75, 3.05) is 31.6 Å². The fourth-order valence-electron chi connectivity index (χ4n) is 3.05. The highest BCUT2D eigenvalue weighted by molar-refractivity contribution is 7.89. The van der Waals surface area contributed by atoms with Gasteiger partial charge in [0.2, 0.25) is 10.0 Å². The first-order chi connectivity index (χ1) is 14.8. The van der Waals surface area contributed by atoms with Crippen molar-refractivity contribution in [2.45, 2.75) is 24.7 Å². The summed E-state index contributed by atoms with van der Waals surface area (Å²) in [5.41, 5.74) is 1.21. The van der Waals surface area contributed by atoms with Crippen LogP contribution in [0.5, 0.6) is 5.75 Å². The largest absolute Gasteiger partial charge is 0.480 e. The number of halogens is 1. The van der Waals surface area contributed by atoms with Crippen LogP contribution in [0.25, 0.3) is 0 Å². The average molecular weight is 467 g/mol. The number of rotatable bonds is 8. The van der Waals surface area contributed by atoms with Crippen LogP contribution in [0.15, 0.2) is 47.4 Å². The van der Waals surface area contributed by atoms with E-state index in [-0.39, 0.29) is 4.90 Å². The lowest BCUT2D eigenvalue weighted by atomic mass is 10.2. The first-order valence-electron chi connectivity index (χ1n) is 9.70. The molecule has 1 aliphatic heterocycles. The number of carbonyl (C=O) groups excluding carboxylic acids is 2. The molecule has 0 aliphatic carbocycles. The zero-order valence-electron chi connectivity index (χ0n) is 17.0. The molecule has 0 saturated carbocycles. The molecular weight excluding hydrogens is 444 g/mol. The minimum Gasteiger partial charge on any atom is -0.480 e. The number of esters is 1. The number of nitrogens with one attached hydrogen (secondary N) is 1. The van der Waals surface area contributed by atoms with Gasteiger partial charge in [-0.3, -0.25) is 4.79 Å². The average Bonchev–Trinajstić information content (AvgIpc) is 3.29. The van der Waals surface area contributed by atoms with Gasteiger partial charge in [0.15, 0.2) is 13.2 Å². The summed E-state index contributed by atoms with van der Waals surface area (Å²) in [5.74, 6) is -0.991. The van der Waals surface area contributed by atoms with Gasteiger partial charge in [0.25, 0.3) is 5.91 Å². The van der Waals surface area contributed by atoms with Gasteiger partial charge in [-0.2, -0.15) is 4.31 Å². The Morgan fingerprint density at radius 2 is 1.84 bits per heavy atom. The van der Waals surface area contributed by atoms with Crippen LogP contribution >= 0.6 is 11.6 Å². The lowest BCUT2D eigenvalue weighted by Crippen LogP contribution is -2.28. The molecule has 1 N–H and O–H groups in total. The van der Waals surface area contributed by atoms with Crippen LogP contribution in [0.1, 0.15) is 18.4 Å². The van der Waals surface area contributed by atoms with Crippen LogP contribution in [0, 0.1) is 6.92 Å². The molecule has 10 heteroatoms. The van der Waals surface area contributed by atoms with Gasteiger partial charge in [0.1, 0.15) is 5.75 Å². The minimum atomic E-state index is -3.59. The maximum absolute atomic E-state index is 12.6. The highest BCUT2D eigenvalue weighted by atomic mass is 35.5. The number of hydrogen-bond acceptors (Lipinski definition) is 6. The van der Waals surface area contributed by atoms with Crippen LogP contribution < -0.4 is 10.1 Å². The fraction of sp³-hybridized carbons (Fsp3) is 0.333. The Kier molecular flexibility index (Phi) is 7.53. The monoisotopic (exact) mass is 466 g/mol. The smallest absolute Gasteiger partial charge is 0.344 e. The molecule has 8 nitrogen and oxygen atoms in total. The summed E-state index contributed by atoms with van der Waals surface area (Å²) in [6, 6.07) is 11.1. The zero-order chi connectivity index (χ0) is 22.4. The number of hydrogen-bond donors (Lipinski definition) is 1. The number of aryl methyl sites for hydroxylation is 1. The van der Waals surface area contributed by atoms with Gasteiger partial charge in [-0.1, -0.05) is 23.7 Å². The number of nitrogens with zero attached hydrogens (tertiary/aromatic N) is 1. The Balaban J connectivity index is 1.50. The van der Waals surface area contributed by atoms with E-state index in [1.54, 1.807) is 24.3 Å². The second kappa shape index (κ2) is 10.1. The van der Waals surface area contributed by atoms with E-state index >= 15 is 0 Å². The maximum atomic E-state index is 12.6. The molecular formula is C21H23ClN2O6S. The number of benzene rings is 2. The molecule has 0 aromatic heterocycles. The molecule has 2 aromatic carbocycles. The normalized spacial score (nSPS) is 14.3. The van der Waals surface area contributed by atoms with E-state index < -0.39 is 35.1 Å². The Labute approximate surface area is 186 Å². The van der Waals surface area contributed by atoms with Gasteiger partial charge in [-0.05, 0) is 55.7 Å². The van der Waals surface area contributed by atoms with E-state index in [1.807, 2.05) is 13.0 Å². The molecule has 0 bridgehead atoms. The first-order valence-corrected chi connectivity index (χ1v) is 11.5. The van der Waals surface area contributed by atoms with E-state index in [0.717, 1.165) is 18.4 Å². The number of sulfonamides is 1. The second-order valence-corrected chi connectivity index (χ2v) is 9.42. The van der Waals surface area contributed by atoms with Crippen LogP contribution in [0.4, 0.5) is 5.69 Å². The van der Waals surface area contributed by atoms with E-state index in [2.05, 4.69) is 5.32 Å². The predicted molar refractivity (Wildman–Crippen MR) is 116 cm³/mol. The Bertz CT molecular complexity index is 1070. The van der Waals surface area contributed by atoms with Crippen LogP contribution in [0.3, 0.4) is 0 Å². The van der Waals surface area contributed by atoms with Gasteiger partial charge in [0, 0.05) is 18.8 Å². The summed E-state index contributed by atoms with van der Waals surface area (Å²) in [6.45, 7) is 1.90. The minimum absolute atomic E-state index is 0.104. The summed E-state index contributed by atoms with van der Waals surface area (Å²) in [5, 5.41) is 2.89. The van der Waals surface area contributed by atoms with Crippen LogP contribution in [-0.4, -0.2) is 50.9 Å². The SMILES string of the molecule is Cc1ccc(Cl)c(OCC(=O)OCC(=O)Nc2cccc(S(=O)(=O)N3CCCC3)c2)c1. The number of ether oxygens (including phenoxy) is 2. The van der Waals surface area contributed by atoms with E-state index in [0.29, 0.717) is 29.5 Å². The Hall–Kier alpha value is -2.62. The van der Waals surface area contributed by atoms with Gasteiger partial charge in [-0.15, -0.1) is 0 Å². The number of amides is 1. The summed E-state index contributed by atoms with van der Waals surface area (Å²) < 4.78 is 36.9. The molecule has 31 heavy (non-hydrogen) atoms. The molecule has 3 rings (SSSR count). The molecule has 166 valence electrons. The van der Waals surface area contributed by atoms with E-state index in [9.17, 15) is 18.0 Å². The van der Waals surface area contributed by atoms with Crippen molar-refractivity contribution < 1.29 is 27.5 Å². The van der Waals surface area contributed by atoms with Gasteiger partial charge < -0.3 is 14.8 Å². The summed E-state index contributed by atoms with van der Waals surface area (Å²) in [4.78, 5) is 24.0. The Morgan fingerprint density at radius 1 is 1.10 bits per heavy atom. The standard InChI is InChI=1S/C21H23ClN2O6S/c1-15-7-8-18(22)19(11-15)29-14-21(26)30-13-20(25)23-16-5-4-6-17(12-16)31(27,28)24-9-2-3-10-24/h4-8,11-12H,2-3,9-10,13-14H2,1H3,(H,23,25). The fourth-order valence-corrected chi connectivity index (χ4v) is 4.79. The molecule has 1 amide bonds. The van der Waals surface area contributed by atoms with Gasteiger partial charge >= 0.3 is 5.97 Å². The summed E-state index contributed by atoms with van der Waals surface area (Å²) in [7, 11) is -3.59. The molecule has 1 aliphatic rings. The van der Waals surface area contributed by atoms with Crippen LogP contribution in [0.2, 0.25) is 5.02 Å². The van der Waals surface area contributed by atoms with Gasteiger partial charge in [0.05, 0.1) is 9.92 Å². The lowest BCUT2D eigenvalue weighted by molar-refractivity contribution is -0.149. The molecule has 0 unspecified atom stereocenters. The summed E-state index contributed by atoms with van der Waals surface area (Å²) >= 11 is 6.00. The topological polar surface area (TPSA) is 102 Å². The number of anilines is 1. The summed E-state index contributed by atoms with van der Waals surface area (Å²) in [6.07, 6.45) is 1.67. The first kappa shape index (κ1) is 23.1. The predicted octanol–water partition coefficient (Wildman–Crippen LogP) is 2.99. The Morgan fingerprint density at radius 3 is 2.58 bits per heavy atom. The zero-order valence-corrected chi connectivity index (χ0v) is 18.5. The molecule has 0 radical (unpaired) electrons. The highest BCUT2D eigenvalue weighted by Gasteiger charge is 2.27. The van der Waals surface area contributed by atoms with Crippen molar-refractivity contribution >= 4 is 39.2 Å². The van der Waals surface area contributed by atoms with Crippen molar-refractivity contribution in [3.05, 3.63) is 53.1 Å². The highest BCUT2D eigenvalue weighted by Crippen LogP contribution is 2.25. The molecule has 1 heterocycles. The van der Waals surface area contributed by atoms with Crippen molar-refractivity contribution in [3.63, 3.8) is 0 Å². The number of carbonyl (C=O) groups is 2. The van der Waals surface area contributed by atoms with Crippen molar-refractivity contribution in [3.8, 4) is 5.75 Å². The van der Waals surface area contributed by atoms with E-state index in [1.165, 1.54) is 16.4 Å². The van der Waals surface area contributed by atoms with Crippen molar-refractivity contribution in [1.29, 1.82) is 0 Å². The molecule has 1 saturated heterocycles. The molecule has 1 fully saturated rings. The van der Waals surface area contributed by atoms with Gasteiger partial charge in [-0.25, -0.2) is 13.2 Å². The van der Waals surface area contributed by atoms with Crippen molar-refractivity contribution in [1.82, 2.24) is 4.31 Å². The third-order valence-electron chi connectivity index (χ3n) is 4.62. The van der Waals surface area contributed by atoms with Crippen LogP contribution in [-0.2, 0) is 24.3 Å². The maximum Gasteiger partial charge on any atom is 0.344 e. The lowest BCUT2D eigenvalue weighted by Gasteiger charge is -2.16.